The summed E-state index contributed by atoms with van der Waals surface area (Å²) in [6.07, 6.45) is 2.63. The summed E-state index contributed by atoms with van der Waals surface area (Å²) in [6.45, 7) is 3.96. The second kappa shape index (κ2) is 4.74. The van der Waals surface area contributed by atoms with E-state index in [0.29, 0.717) is 0 Å². The van der Waals surface area contributed by atoms with Crippen LogP contribution in [0.5, 0.6) is 0 Å². The van der Waals surface area contributed by atoms with Crippen molar-refractivity contribution in [3.63, 3.8) is 0 Å². The SMILES string of the molecule is C[C@@]12c3[nH]c4ccc(Cl)cc4c3CCN1CCC[C@H]2C(=O)O. The molecule has 1 aromatic carbocycles. The zero-order valence-corrected chi connectivity index (χ0v) is 13.3. The van der Waals surface area contributed by atoms with Gasteiger partial charge in [-0.25, -0.2) is 0 Å². The predicted octanol–water partition coefficient (Wildman–Crippen LogP) is 3.39. The molecule has 22 heavy (non-hydrogen) atoms. The van der Waals surface area contributed by atoms with E-state index in [1.54, 1.807) is 0 Å². The second-order valence-electron chi connectivity index (χ2n) is 6.59. The summed E-state index contributed by atoms with van der Waals surface area (Å²) in [5, 5.41) is 11.6. The number of aromatic nitrogens is 1. The van der Waals surface area contributed by atoms with Crippen LogP contribution in [-0.4, -0.2) is 34.0 Å². The summed E-state index contributed by atoms with van der Waals surface area (Å²) >= 11 is 6.15. The summed E-state index contributed by atoms with van der Waals surface area (Å²) in [5.41, 5.74) is 2.91. The average molecular weight is 319 g/mol. The lowest BCUT2D eigenvalue weighted by Gasteiger charge is -2.51. The molecule has 2 atom stereocenters. The molecular weight excluding hydrogens is 300 g/mol. The van der Waals surface area contributed by atoms with E-state index in [2.05, 4.69) is 16.8 Å². The average Bonchev–Trinajstić information content (AvgIpc) is 2.85. The van der Waals surface area contributed by atoms with Gasteiger partial charge in [0.2, 0.25) is 0 Å². The Labute approximate surface area is 134 Å². The van der Waals surface area contributed by atoms with Crippen LogP contribution in [0.15, 0.2) is 18.2 Å². The maximum absolute atomic E-state index is 11.8. The lowest BCUT2D eigenvalue weighted by molar-refractivity contribution is -0.152. The lowest BCUT2D eigenvalue weighted by atomic mass is 9.72. The number of aliphatic carboxylic acids is 1. The monoisotopic (exact) mass is 318 g/mol. The number of fused-ring (bicyclic) bond motifs is 5. The number of carboxylic acids is 1. The number of piperidine rings is 1. The fourth-order valence-electron chi connectivity index (χ4n) is 4.42. The summed E-state index contributed by atoms with van der Waals surface area (Å²) in [6, 6.07) is 5.85. The predicted molar refractivity (Wildman–Crippen MR) is 86.3 cm³/mol. The molecule has 0 unspecified atom stereocenters. The van der Waals surface area contributed by atoms with Crippen molar-refractivity contribution in [3.05, 3.63) is 34.5 Å². The Morgan fingerprint density at radius 3 is 3.05 bits per heavy atom. The number of nitrogens with one attached hydrogen (secondary N) is 1. The number of rotatable bonds is 1. The van der Waals surface area contributed by atoms with Crippen molar-refractivity contribution in [1.29, 1.82) is 0 Å². The number of carbonyl (C=O) groups is 1. The van der Waals surface area contributed by atoms with Crippen LogP contribution < -0.4 is 0 Å². The molecule has 0 spiro atoms. The van der Waals surface area contributed by atoms with Gasteiger partial charge in [0.15, 0.2) is 0 Å². The Hall–Kier alpha value is -1.52. The number of carboxylic acid groups (broad SMARTS) is 1. The number of hydrogen-bond acceptors (Lipinski definition) is 2. The fraction of sp³-hybridized carbons (Fsp3) is 0.471. The third-order valence-electron chi connectivity index (χ3n) is 5.56. The van der Waals surface area contributed by atoms with Crippen molar-refractivity contribution in [2.24, 2.45) is 5.92 Å². The minimum absolute atomic E-state index is 0.371. The molecule has 4 nitrogen and oxygen atoms in total. The molecule has 5 heteroatoms. The first kappa shape index (κ1) is 14.1. The van der Waals surface area contributed by atoms with Crippen LogP contribution in [0, 0.1) is 5.92 Å². The molecule has 3 heterocycles. The Bertz CT molecular complexity index is 769. The number of H-pyrrole nitrogens is 1. The number of halogens is 1. The van der Waals surface area contributed by atoms with E-state index in [-0.39, 0.29) is 5.92 Å². The van der Waals surface area contributed by atoms with Crippen molar-refractivity contribution in [3.8, 4) is 0 Å². The van der Waals surface area contributed by atoms with E-state index in [4.69, 9.17) is 11.6 Å². The van der Waals surface area contributed by atoms with Gasteiger partial charge in [0.25, 0.3) is 0 Å². The molecule has 2 N–H and O–H groups in total. The molecule has 116 valence electrons. The second-order valence-corrected chi connectivity index (χ2v) is 7.02. The quantitative estimate of drug-likeness (QED) is 0.847. The highest BCUT2D eigenvalue weighted by molar-refractivity contribution is 6.31. The van der Waals surface area contributed by atoms with Crippen molar-refractivity contribution < 1.29 is 9.90 Å². The van der Waals surface area contributed by atoms with E-state index in [0.717, 1.165) is 54.0 Å². The highest BCUT2D eigenvalue weighted by Crippen LogP contribution is 2.47. The van der Waals surface area contributed by atoms with Crippen LogP contribution >= 0.6 is 11.6 Å². The Kier molecular flexibility index (Phi) is 3.03. The smallest absolute Gasteiger partial charge is 0.308 e. The van der Waals surface area contributed by atoms with Gasteiger partial charge >= 0.3 is 5.97 Å². The van der Waals surface area contributed by atoms with Crippen molar-refractivity contribution >= 4 is 28.5 Å². The van der Waals surface area contributed by atoms with Crippen molar-refractivity contribution in [2.45, 2.75) is 31.7 Å². The molecule has 1 fully saturated rings. The van der Waals surface area contributed by atoms with Gasteiger partial charge in [0, 0.05) is 28.2 Å². The molecule has 1 aromatic heterocycles. The normalized spacial score (nSPS) is 28.4. The first-order chi connectivity index (χ1) is 10.5. The van der Waals surface area contributed by atoms with E-state index in [1.807, 2.05) is 18.2 Å². The zero-order chi connectivity index (χ0) is 15.5. The minimum atomic E-state index is -0.697. The summed E-state index contributed by atoms with van der Waals surface area (Å²) in [7, 11) is 0. The van der Waals surface area contributed by atoms with Crippen LogP contribution in [0.2, 0.25) is 5.02 Å². The molecule has 1 saturated heterocycles. The van der Waals surface area contributed by atoms with Gasteiger partial charge in [-0.3, -0.25) is 9.69 Å². The largest absolute Gasteiger partial charge is 0.481 e. The first-order valence-corrected chi connectivity index (χ1v) is 8.18. The van der Waals surface area contributed by atoms with Gasteiger partial charge in [-0.15, -0.1) is 0 Å². The molecule has 0 radical (unpaired) electrons. The molecule has 0 aliphatic carbocycles. The number of benzene rings is 1. The maximum Gasteiger partial charge on any atom is 0.308 e. The van der Waals surface area contributed by atoms with Crippen molar-refractivity contribution in [1.82, 2.24) is 9.88 Å². The van der Waals surface area contributed by atoms with Crippen molar-refractivity contribution in [2.75, 3.05) is 13.1 Å². The fourth-order valence-corrected chi connectivity index (χ4v) is 4.59. The number of nitrogens with zero attached hydrogens (tertiary/aromatic N) is 1. The van der Waals surface area contributed by atoms with Crippen LogP contribution in [0.3, 0.4) is 0 Å². The molecule has 2 aliphatic heterocycles. The molecule has 2 aromatic rings. The highest BCUT2D eigenvalue weighted by atomic mass is 35.5. The Morgan fingerprint density at radius 2 is 2.27 bits per heavy atom. The third-order valence-corrected chi connectivity index (χ3v) is 5.80. The van der Waals surface area contributed by atoms with Gasteiger partial charge in [-0.1, -0.05) is 11.6 Å². The van der Waals surface area contributed by atoms with E-state index in [1.165, 1.54) is 5.56 Å². The van der Waals surface area contributed by atoms with Crippen LogP contribution in [0.4, 0.5) is 0 Å². The van der Waals surface area contributed by atoms with Crippen LogP contribution in [0.25, 0.3) is 10.9 Å². The van der Waals surface area contributed by atoms with Crippen LogP contribution in [-0.2, 0) is 16.8 Å². The summed E-state index contributed by atoms with van der Waals surface area (Å²) < 4.78 is 0. The van der Waals surface area contributed by atoms with E-state index < -0.39 is 11.5 Å². The Morgan fingerprint density at radius 1 is 1.45 bits per heavy atom. The lowest BCUT2D eigenvalue weighted by Crippen LogP contribution is -2.58. The Balaban J connectivity index is 1.96. The topological polar surface area (TPSA) is 56.3 Å². The molecule has 2 aliphatic rings. The molecular formula is C17H19ClN2O2. The standard InChI is InChI=1S/C17H19ClN2O2/c1-17-13(16(21)22)3-2-7-20(17)8-6-11-12-9-10(18)4-5-14(12)19-15(11)17/h4-5,9,13,19H,2-3,6-8H2,1H3,(H,21,22)/t13-,17+/m0/s1. The number of aromatic amines is 1. The molecule has 0 amide bonds. The van der Waals surface area contributed by atoms with Gasteiger partial charge in [0.05, 0.1) is 11.5 Å². The van der Waals surface area contributed by atoms with Crippen LogP contribution in [0.1, 0.15) is 31.0 Å². The molecule has 4 rings (SSSR count). The highest BCUT2D eigenvalue weighted by Gasteiger charge is 2.51. The summed E-state index contributed by atoms with van der Waals surface area (Å²) in [4.78, 5) is 17.7. The minimum Gasteiger partial charge on any atom is -0.481 e. The first-order valence-electron chi connectivity index (χ1n) is 7.80. The summed E-state index contributed by atoms with van der Waals surface area (Å²) in [5.74, 6) is -1.07. The molecule has 0 bridgehead atoms. The van der Waals surface area contributed by atoms with Gasteiger partial charge in [0.1, 0.15) is 0 Å². The maximum atomic E-state index is 11.8. The van der Waals surface area contributed by atoms with Gasteiger partial charge in [-0.2, -0.15) is 0 Å². The van der Waals surface area contributed by atoms with E-state index >= 15 is 0 Å². The number of hydrogen-bond donors (Lipinski definition) is 2. The third kappa shape index (κ3) is 1.77. The van der Waals surface area contributed by atoms with Gasteiger partial charge < -0.3 is 10.1 Å². The van der Waals surface area contributed by atoms with E-state index in [9.17, 15) is 9.90 Å². The zero-order valence-electron chi connectivity index (χ0n) is 12.5. The van der Waals surface area contributed by atoms with Gasteiger partial charge in [-0.05, 0) is 56.5 Å². The molecule has 0 saturated carbocycles.